The van der Waals surface area contributed by atoms with Gasteiger partial charge >= 0.3 is 5.97 Å². The lowest BCUT2D eigenvalue weighted by atomic mass is 9.87. The summed E-state index contributed by atoms with van der Waals surface area (Å²) in [5, 5.41) is 9.65. The summed E-state index contributed by atoms with van der Waals surface area (Å²) < 4.78 is 2.18. The van der Waals surface area contributed by atoms with Crippen LogP contribution in [-0.2, 0) is 17.8 Å². The Kier molecular flexibility index (Phi) is 5.62. The van der Waals surface area contributed by atoms with Gasteiger partial charge in [0.2, 0.25) is 0 Å². The Bertz CT molecular complexity index is 543. The fourth-order valence-electron chi connectivity index (χ4n) is 4.29. The first-order valence-electron chi connectivity index (χ1n) is 9.11. The minimum atomic E-state index is -0.827. The first kappa shape index (κ1) is 16.8. The molecule has 0 spiro atoms. The van der Waals surface area contributed by atoms with Crippen LogP contribution < -0.4 is 0 Å². The maximum Gasteiger partial charge on any atom is 0.309 e. The number of aliphatic carboxylic acids is 1. The number of nitrogens with zero attached hydrogens (tertiary/aromatic N) is 2. The molecule has 5 heteroatoms. The number of halogens is 1. The Labute approximate surface area is 143 Å². The Morgan fingerprint density at radius 3 is 2.30 bits per heavy atom. The molecule has 0 aliphatic heterocycles. The lowest BCUT2D eigenvalue weighted by Gasteiger charge is -2.27. The molecule has 0 saturated heterocycles. The highest BCUT2D eigenvalue weighted by Gasteiger charge is 2.27. The van der Waals surface area contributed by atoms with Crippen molar-refractivity contribution in [3.05, 3.63) is 16.7 Å². The van der Waals surface area contributed by atoms with E-state index >= 15 is 0 Å². The van der Waals surface area contributed by atoms with Gasteiger partial charge in [0.15, 0.2) is 5.15 Å². The van der Waals surface area contributed by atoms with Crippen molar-refractivity contribution in [2.75, 3.05) is 0 Å². The third-order valence-electron chi connectivity index (χ3n) is 5.51. The Morgan fingerprint density at radius 1 is 1.09 bits per heavy atom. The minimum absolute atomic E-state index is 0.0225. The number of hydrogen-bond acceptors (Lipinski definition) is 2. The van der Waals surface area contributed by atoms with E-state index in [9.17, 15) is 9.90 Å². The number of rotatable bonds is 5. The maximum atomic E-state index is 11.3. The Morgan fingerprint density at radius 2 is 1.70 bits per heavy atom. The van der Waals surface area contributed by atoms with E-state index in [1.54, 1.807) is 0 Å². The quantitative estimate of drug-likeness (QED) is 0.839. The fourth-order valence-corrected chi connectivity index (χ4v) is 4.55. The van der Waals surface area contributed by atoms with Crippen molar-refractivity contribution in [3.63, 3.8) is 0 Å². The van der Waals surface area contributed by atoms with Crippen LogP contribution in [0.2, 0.25) is 5.15 Å². The number of carboxylic acids is 1. The van der Waals surface area contributed by atoms with E-state index in [0.29, 0.717) is 22.7 Å². The predicted octanol–water partition coefficient (Wildman–Crippen LogP) is 4.79. The van der Waals surface area contributed by atoms with Gasteiger partial charge in [0, 0.05) is 12.5 Å². The maximum absolute atomic E-state index is 11.3. The molecule has 23 heavy (non-hydrogen) atoms. The van der Waals surface area contributed by atoms with Crippen LogP contribution in [0, 0.1) is 5.92 Å². The van der Waals surface area contributed by atoms with E-state index in [4.69, 9.17) is 11.6 Å². The average Bonchev–Trinajstić information content (AvgIpc) is 2.85. The van der Waals surface area contributed by atoms with Crippen LogP contribution in [0.4, 0.5) is 0 Å². The summed E-state index contributed by atoms with van der Waals surface area (Å²) in [5.74, 6) is 1.32. The predicted molar refractivity (Wildman–Crippen MR) is 91.0 cm³/mol. The molecule has 2 aliphatic rings. The van der Waals surface area contributed by atoms with Crippen LogP contribution in [-0.4, -0.2) is 20.6 Å². The van der Waals surface area contributed by atoms with Gasteiger partial charge in [0.05, 0.1) is 12.1 Å². The zero-order valence-corrected chi connectivity index (χ0v) is 14.5. The van der Waals surface area contributed by atoms with E-state index in [-0.39, 0.29) is 6.42 Å². The van der Waals surface area contributed by atoms with Gasteiger partial charge in [-0.15, -0.1) is 0 Å². The van der Waals surface area contributed by atoms with Crippen LogP contribution in [0.5, 0.6) is 0 Å². The molecule has 1 aromatic heterocycles. The average molecular weight is 339 g/mol. The Hall–Kier alpha value is -1.03. The molecular formula is C18H27ClN2O2. The standard InChI is InChI=1S/C18H27ClN2O2/c19-17-15(11-16(22)23)21(12-13-7-3-1-4-8-13)18(20-17)14-9-5-2-6-10-14/h13-14H,1-12H2,(H,22,23). The van der Waals surface area contributed by atoms with Crippen molar-refractivity contribution in [1.29, 1.82) is 0 Å². The smallest absolute Gasteiger partial charge is 0.309 e. The highest BCUT2D eigenvalue weighted by molar-refractivity contribution is 6.30. The van der Waals surface area contributed by atoms with Crippen molar-refractivity contribution in [3.8, 4) is 0 Å². The molecule has 1 N–H and O–H groups in total. The third-order valence-corrected chi connectivity index (χ3v) is 5.81. The van der Waals surface area contributed by atoms with Gasteiger partial charge in [0.25, 0.3) is 0 Å². The molecule has 128 valence electrons. The van der Waals surface area contributed by atoms with Crippen molar-refractivity contribution in [1.82, 2.24) is 9.55 Å². The van der Waals surface area contributed by atoms with E-state index in [1.165, 1.54) is 51.4 Å². The molecule has 0 aromatic carbocycles. The van der Waals surface area contributed by atoms with Gasteiger partial charge in [-0.1, -0.05) is 50.1 Å². The van der Waals surface area contributed by atoms with Gasteiger partial charge in [-0.3, -0.25) is 4.79 Å². The molecule has 4 nitrogen and oxygen atoms in total. The minimum Gasteiger partial charge on any atom is -0.481 e. The van der Waals surface area contributed by atoms with Gasteiger partial charge in [0.1, 0.15) is 5.82 Å². The fraction of sp³-hybridized carbons (Fsp3) is 0.778. The number of imidazole rings is 1. The topological polar surface area (TPSA) is 55.1 Å². The van der Waals surface area contributed by atoms with E-state index in [0.717, 1.165) is 25.2 Å². The molecule has 0 radical (unpaired) electrons. The van der Waals surface area contributed by atoms with Crippen LogP contribution in [0.1, 0.15) is 81.6 Å². The number of aromatic nitrogens is 2. The van der Waals surface area contributed by atoms with Gasteiger partial charge in [-0.05, 0) is 31.6 Å². The Balaban J connectivity index is 1.88. The molecule has 2 fully saturated rings. The zero-order valence-electron chi connectivity index (χ0n) is 13.8. The second kappa shape index (κ2) is 7.69. The van der Waals surface area contributed by atoms with Crippen LogP contribution in [0.3, 0.4) is 0 Å². The van der Waals surface area contributed by atoms with Crippen molar-refractivity contribution in [2.24, 2.45) is 5.92 Å². The van der Waals surface area contributed by atoms with E-state index in [2.05, 4.69) is 9.55 Å². The summed E-state index contributed by atoms with van der Waals surface area (Å²) >= 11 is 6.34. The molecule has 0 atom stereocenters. The lowest BCUT2D eigenvalue weighted by molar-refractivity contribution is -0.136. The molecule has 0 bridgehead atoms. The summed E-state index contributed by atoms with van der Waals surface area (Å²) in [7, 11) is 0. The molecule has 0 unspecified atom stereocenters. The largest absolute Gasteiger partial charge is 0.481 e. The van der Waals surface area contributed by atoms with Crippen LogP contribution in [0.25, 0.3) is 0 Å². The molecule has 2 aliphatic carbocycles. The summed E-state index contributed by atoms with van der Waals surface area (Å²) in [5.41, 5.74) is 0.713. The number of carboxylic acid groups (broad SMARTS) is 1. The van der Waals surface area contributed by atoms with Crippen molar-refractivity contribution in [2.45, 2.75) is 83.1 Å². The van der Waals surface area contributed by atoms with Gasteiger partial charge in [-0.2, -0.15) is 0 Å². The highest BCUT2D eigenvalue weighted by Crippen LogP contribution is 2.36. The first-order valence-corrected chi connectivity index (χ1v) is 9.49. The summed E-state index contributed by atoms with van der Waals surface area (Å²) in [4.78, 5) is 15.9. The summed E-state index contributed by atoms with van der Waals surface area (Å²) in [6.45, 7) is 0.897. The monoisotopic (exact) mass is 338 g/mol. The number of carbonyl (C=O) groups is 1. The van der Waals surface area contributed by atoms with E-state index in [1.807, 2.05) is 0 Å². The molecule has 1 heterocycles. The van der Waals surface area contributed by atoms with Crippen LogP contribution >= 0.6 is 11.6 Å². The van der Waals surface area contributed by atoms with Crippen LogP contribution in [0.15, 0.2) is 0 Å². The highest BCUT2D eigenvalue weighted by atomic mass is 35.5. The summed E-state index contributed by atoms with van der Waals surface area (Å²) in [6.07, 6.45) is 12.5. The number of hydrogen-bond donors (Lipinski definition) is 1. The molecular weight excluding hydrogens is 312 g/mol. The summed E-state index contributed by atoms with van der Waals surface area (Å²) in [6, 6.07) is 0. The van der Waals surface area contributed by atoms with Gasteiger partial charge in [-0.25, -0.2) is 4.98 Å². The molecule has 3 rings (SSSR count). The SMILES string of the molecule is O=C(O)Cc1c(Cl)nc(C2CCCCC2)n1CC1CCCCC1. The normalized spacial score (nSPS) is 20.7. The molecule has 0 amide bonds. The zero-order chi connectivity index (χ0) is 16.2. The second-order valence-electron chi connectivity index (χ2n) is 7.23. The van der Waals surface area contributed by atoms with Gasteiger partial charge < -0.3 is 9.67 Å². The molecule has 2 saturated carbocycles. The first-order chi connectivity index (χ1) is 11.1. The van der Waals surface area contributed by atoms with E-state index < -0.39 is 5.97 Å². The second-order valence-corrected chi connectivity index (χ2v) is 7.59. The van der Waals surface area contributed by atoms with Crippen molar-refractivity contribution < 1.29 is 9.90 Å². The third kappa shape index (κ3) is 4.09. The molecule has 1 aromatic rings. The van der Waals surface area contributed by atoms with Crippen molar-refractivity contribution >= 4 is 17.6 Å². The lowest BCUT2D eigenvalue weighted by Crippen LogP contribution is -2.21.